The van der Waals surface area contributed by atoms with Crippen LogP contribution in [0, 0.1) is 0 Å². The van der Waals surface area contributed by atoms with Gasteiger partial charge >= 0.3 is 12.0 Å². The normalized spacial score (nSPS) is 9.88. The highest BCUT2D eigenvalue weighted by molar-refractivity contribution is 5.94. The fourth-order valence-corrected chi connectivity index (χ4v) is 2.06. The lowest BCUT2D eigenvalue weighted by molar-refractivity contribution is -0.138. The van der Waals surface area contributed by atoms with Gasteiger partial charge in [0.1, 0.15) is 6.61 Å². The van der Waals surface area contributed by atoms with E-state index in [-0.39, 0.29) is 19.2 Å². The smallest absolute Gasteiger partial charge is 0.333 e. The minimum atomic E-state index is -0.466. The molecule has 24 heavy (non-hydrogen) atoms. The molecule has 0 aliphatic carbocycles. The van der Waals surface area contributed by atoms with Gasteiger partial charge in [0.05, 0.1) is 12.2 Å². The quantitative estimate of drug-likeness (QED) is 0.485. The largest absolute Gasteiger partial charge is 0.460 e. The minimum absolute atomic E-state index is 0.0967. The zero-order valence-corrected chi connectivity index (χ0v) is 13.5. The van der Waals surface area contributed by atoms with Crippen molar-refractivity contribution in [2.75, 3.05) is 18.5 Å². The van der Waals surface area contributed by atoms with Crippen molar-refractivity contribution >= 4 is 17.7 Å². The third-order valence-electron chi connectivity index (χ3n) is 3.23. The molecule has 0 spiro atoms. The Morgan fingerprint density at radius 1 is 1.04 bits per heavy atom. The number of ether oxygens (including phenoxy) is 1. The summed E-state index contributed by atoms with van der Waals surface area (Å²) in [6.07, 6.45) is 0. The predicted octanol–water partition coefficient (Wildman–Crippen LogP) is 3.59. The first-order valence-corrected chi connectivity index (χ1v) is 7.60. The van der Waals surface area contributed by atoms with Crippen LogP contribution in [-0.4, -0.2) is 25.2 Å². The fourth-order valence-electron chi connectivity index (χ4n) is 2.06. The summed E-state index contributed by atoms with van der Waals surface area (Å²) < 4.78 is 4.92. The minimum Gasteiger partial charge on any atom is -0.460 e. The average Bonchev–Trinajstić information content (AvgIpc) is 2.59. The van der Waals surface area contributed by atoms with Crippen molar-refractivity contribution in [3.05, 3.63) is 66.7 Å². The van der Waals surface area contributed by atoms with Crippen LogP contribution in [0.1, 0.15) is 6.92 Å². The second-order valence-electron chi connectivity index (χ2n) is 5.21. The summed E-state index contributed by atoms with van der Waals surface area (Å²) in [6, 6.07) is 17.0. The Morgan fingerprint density at radius 2 is 1.71 bits per heavy atom. The summed E-state index contributed by atoms with van der Waals surface area (Å²) in [5.41, 5.74) is 2.99. The van der Waals surface area contributed by atoms with E-state index in [0.29, 0.717) is 11.3 Å². The number of amides is 2. The number of carbonyl (C=O) groups excluding carboxylic acids is 2. The van der Waals surface area contributed by atoms with Crippen LogP contribution in [-0.2, 0) is 9.53 Å². The molecule has 2 aromatic carbocycles. The number of para-hydroxylation sites is 1. The molecule has 0 unspecified atom stereocenters. The topological polar surface area (TPSA) is 67.4 Å². The highest BCUT2D eigenvalue weighted by atomic mass is 16.5. The van der Waals surface area contributed by atoms with Gasteiger partial charge in [0, 0.05) is 11.1 Å². The average molecular weight is 324 g/mol. The molecule has 5 heteroatoms. The number of hydrogen-bond donors (Lipinski definition) is 2. The Bertz CT molecular complexity index is 726. The first-order chi connectivity index (χ1) is 11.6. The molecular weight excluding hydrogens is 304 g/mol. The molecule has 2 amide bonds. The second-order valence-corrected chi connectivity index (χ2v) is 5.21. The zero-order valence-electron chi connectivity index (χ0n) is 13.5. The molecule has 5 nitrogen and oxygen atoms in total. The van der Waals surface area contributed by atoms with E-state index in [1.807, 2.05) is 54.6 Å². The highest BCUT2D eigenvalue weighted by Gasteiger charge is 2.08. The Balaban J connectivity index is 1.91. The van der Waals surface area contributed by atoms with Gasteiger partial charge < -0.3 is 15.4 Å². The Hall–Kier alpha value is -3.08. The standard InChI is InChI=1S/C19H20N2O3/c1-14(2)18(22)24-13-12-20-19(23)21-17-11-7-6-10-16(17)15-8-4-3-5-9-15/h3-11H,1,12-13H2,2H3,(H2,20,21,23). The molecule has 0 atom stereocenters. The lowest BCUT2D eigenvalue weighted by atomic mass is 10.0. The molecule has 0 aromatic heterocycles. The third kappa shape index (κ3) is 4.98. The molecule has 2 rings (SSSR count). The van der Waals surface area contributed by atoms with Gasteiger partial charge in [-0.1, -0.05) is 55.1 Å². The molecule has 0 bridgehead atoms. The van der Waals surface area contributed by atoms with Gasteiger partial charge in [0.15, 0.2) is 0 Å². The molecule has 2 N–H and O–H groups in total. The second kappa shape index (κ2) is 8.53. The predicted molar refractivity (Wildman–Crippen MR) is 94.7 cm³/mol. The van der Waals surface area contributed by atoms with Crippen molar-refractivity contribution < 1.29 is 14.3 Å². The molecular formula is C19H20N2O3. The maximum Gasteiger partial charge on any atom is 0.333 e. The van der Waals surface area contributed by atoms with Crippen LogP contribution in [0.4, 0.5) is 10.5 Å². The number of rotatable bonds is 6. The van der Waals surface area contributed by atoms with Gasteiger partial charge in [0.25, 0.3) is 0 Å². The lowest BCUT2D eigenvalue weighted by Gasteiger charge is -2.12. The molecule has 0 heterocycles. The summed E-state index contributed by atoms with van der Waals surface area (Å²) in [4.78, 5) is 23.2. The van der Waals surface area contributed by atoms with Crippen molar-refractivity contribution in [1.82, 2.24) is 5.32 Å². The number of hydrogen-bond acceptors (Lipinski definition) is 3. The Kier molecular flexibility index (Phi) is 6.14. The highest BCUT2D eigenvalue weighted by Crippen LogP contribution is 2.27. The molecule has 124 valence electrons. The van der Waals surface area contributed by atoms with Gasteiger partial charge in [0.2, 0.25) is 0 Å². The maximum absolute atomic E-state index is 12.0. The summed E-state index contributed by atoms with van der Waals surface area (Å²) in [5.74, 6) is -0.466. The van der Waals surface area contributed by atoms with Crippen LogP contribution < -0.4 is 10.6 Å². The lowest BCUT2D eigenvalue weighted by Crippen LogP contribution is -2.32. The van der Waals surface area contributed by atoms with Crippen LogP contribution in [0.2, 0.25) is 0 Å². The summed E-state index contributed by atoms with van der Waals surface area (Å²) in [7, 11) is 0. The number of urea groups is 1. The number of anilines is 1. The zero-order chi connectivity index (χ0) is 17.4. The van der Waals surface area contributed by atoms with Gasteiger partial charge in [-0.25, -0.2) is 9.59 Å². The van der Waals surface area contributed by atoms with E-state index in [9.17, 15) is 9.59 Å². The van der Waals surface area contributed by atoms with Crippen LogP contribution in [0.15, 0.2) is 66.7 Å². The summed E-state index contributed by atoms with van der Waals surface area (Å²) in [5, 5.41) is 5.46. The van der Waals surface area contributed by atoms with Crippen LogP contribution in [0.5, 0.6) is 0 Å². The van der Waals surface area contributed by atoms with Gasteiger partial charge in [-0.15, -0.1) is 0 Å². The monoisotopic (exact) mass is 324 g/mol. The van der Waals surface area contributed by atoms with Gasteiger partial charge in [-0.2, -0.15) is 0 Å². The molecule has 0 aliphatic heterocycles. The van der Waals surface area contributed by atoms with Crippen LogP contribution in [0.25, 0.3) is 11.1 Å². The van der Waals surface area contributed by atoms with E-state index in [1.54, 1.807) is 6.92 Å². The van der Waals surface area contributed by atoms with E-state index in [2.05, 4.69) is 17.2 Å². The summed E-state index contributed by atoms with van der Waals surface area (Å²) >= 11 is 0. The van der Waals surface area contributed by atoms with E-state index in [1.165, 1.54) is 0 Å². The van der Waals surface area contributed by atoms with E-state index >= 15 is 0 Å². The molecule has 0 saturated carbocycles. The van der Waals surface area contributed by atoms with Crippen molar-refractivity contribution in [1.29, 1.82) is 0 Å². The molecule has 0 radical (unpaired) electrons. The first-order valence-electron chi connectivity index (χ1n) is 7.60. The Morgan fingerprint density at radius 3 is 2.42 bits per heavy atom. The molecule has 0 fully saturated rings. The fraction of sp³-hybridized carbons (Fsp3) is 0.158. The van der Waals surface area contributed by atoms with Gasteiger partial charge in [-0.05, 0) is 18.6 Å². The molecule has 0 aliphatic rings. The number of nitrogens with one attached hydrogen (secondary N) is 2. The number of benzene rings is 2. The maximum atomic E-state index is 12.0. The number of carbonyl (C=O) groups is 2. The van der Waals surface area contributed by atoms with E-state index in [0.717, 1.165) is 11.1 Å². The molecule has 0 saturated heterocycles. The van der Waals surface area contributed by atoms with E-state index in [4.69, 9.17) is 4.74 Å². The van der Waals surface area contributed by atoms with Crippen molar-refractivity contribution in [2.45, 2.75) is 6.92 Å². The van der Waals surface area contributed by atoms with Crippen molar-refractivity contribution in [3.8, 4) is 11.1 Å². The van der Waals surface area contributed by atoms with Gasteiger partial charge in [-0.3, -0.25) is 0 Å². The van der Waals surface area contributed by atoms with Crippen molar-refractivity contribution in [3.63, 3.8) is 0 Å². The Labute approximate surface area is 141 Å². The van der Waals surface area contributed by atoms with Crippen LogP contribution in [0.3, 0.4) is 0 Å². The van der Waals surface area contributed by atoms with E-state index < -0.39 is 5.97 Å². The van der Waals surface area contributed by atoms with Crippen LogP contribution >= 0.6 is 0 Å². The SMILES string of the molecule is C=C(C)C(=O)OCCNC(=O)Nc1ccccc1-c1ccccc1. The number of esters is 1. The molecule has 2 aromatic rings. The first kappa shape index (κ1) is 17.3. The van der Waals surface area contributed by atoms with Crippen molar-refractivity contribution in [2.24, 2.45) is 0 Å². The summed E-state index contributed by atoms with van der Waals surface area (Å²) in [6.45, 7) is 5.38. The third-order valence-corrected chi connectivity index (χ3v) is 3.23.